The van der Waals surface area contributed by atoms with E-state index in [1.807, 2.05) is 24.3 Å². The molecule has 0 unspecified atom stereocenters. The number of ether oxygens (including phenoxy) is 1. The van der Waals surface area contributed by atoms with Crippen molar-refractivity contribution in [1.82, 2.24) is 4.90 Å². The van der Waals surface area contributed by atoms with Crippen LogP contribution in [-0.2, 0) is 28.7 Å². The van der Waals surface area contributed by atoms with Crippen molar-refractivity contribution in [2.75, 3.05) is 38.3 Å². The van der Waals surface area contributed by atoms with Crippen molar-refractivity contribution >= 4 is 11.6 Å². The number of rotatable bonds is 5. The molecule has 1 fully saturated rings. The van der Waals surface area contributed by atoms with Gasteiger partial charge in [0.05, 0.1) is 25.2 Å². The zero-order chi connectivity index (χ0) is 20.1. The van der Waals surface area contributed by atoms with Crippen molar-refractivity contribution in [3.05, 3.63) is 65.2 Å². The molecular weight excluding hydrogens is 369 g/mol. The van der Waals surface area contributed by atoms with Gasteiger partial charge in [0.15, 0.2) is 0 Å². The summed E-state index contributed by atoms with van der Waals surface area (Å²) in [5.41, 5.74) is 1.70. The van der Waals surface area contributed by atoms with E-state index in [2.05, 4.69) is 4.90 Å². The summed E-state index contributed by atoms with van der Waals surface area (Å²) in [5, 5.41) is 0. The van der Waals surface area contributed by atoms with E-state index >= 15 is 0 Å². The van der Waals surface area contributed by atoms with Gasteiger partial charge in [-0.25, -0.2) is 0 Å². The van der Waals surface area contributed by atoms with Gasteiger partial charge in [-0.2, -0.15) is 13.2 Å². The minimum Gasteiger partial charge on any atom is -0.378 e. The highest BCUT2D eigenvalue weighted by atomic mass is 19.4. The monoisotopic (exact) mass is 392 g/mol. The molecule has 0 spiro atoms. The molecule has 1 heterocycles. The SMILES string of the molecule is CN(Cc1ccc(N2CCOCC2)cc1)C(=O)Cc1cccc(C(F)(F)F)c1. The van der Waals surface area contributed by atoms with Gasteiger partial charge in [-0.15, -0.1) is 0 Å². The predicted molar refractivity (Wildman–Crippen MR) is 101 cm³/mol. The summed E-state index contributed by atoms with van der Waals surface area (Å²) in [6.07, 6.45) is -4.47. The number of carbonyl (C=O) groups excluding carboxylic acids is 1. The molecule has 150 valence electrons. The van der Waals surface area contributed by atoms with Crippen LogP contribution in [0, 0.1) is 0 Å². The van der Waals surface area contributed by atoms with Gasteiger partial charge < -0.3 is 14.5 Å². The van der Waals surface area contributed by atoms with Gasteiger partial charge in [0.25, 0.3) is 0 Å². The molecular formula is C21H23F3N2O2. The maximum Gasteiger partial charge on any atom is 0.416 e. The van der Waals surface area contributed by atoms with E-state index in [1.54, 1.807) is 7.05 Å². The number of carbonyl (C=O) groups is 1. The van der Waals surface area contributed by atoms with E-state index in [0.29, 0.717) is 25.3 Å². The second-order valence-electron chi connectivity index (χ2n) is 6.89. The third-order valence-electron chi connectivity index (χ3n) is 4.77. The van der Waals surface area contributed by atoms with Crippen LogP contribution >= 0.6 is 0 Å². The van der Waals surface area contributed by atoms with Gasteiger partial charge in [0, 0.05) is 32.4 Å². The van der Waals surface area contributed by atoms with E-state index in [4.69, 9.17) is 4.74 Å². The Bertz CT molecular complexity index is 800. The largest absolute Gasteiger partial charge is 0.416 e. The third-order valence-corrected chi connectivity index (χ3v) is 4.77. The van der Waals surface area contributed by atoms with Crippen LogP contribution < -0.4 is 4.90 Å². The van der Waals surface area contributed by atoms with Gasteiger partial charge in [0.2, 0.25) is 5.91 Å². The molecule has 2 aromatic rings. The molecule has 0 N–H and O–H groups in total. The molecule has 1 amide bonds. The number of anilines is 1. The Balaban J connectivity index is 1.58. The molecule has 7 heteroatoms. The second kappa shape index (κ2) is 8.65. The number of likely N-dealkylation sites (N-methyl/N-ethyl adjacent to an activating group) is 1. The number of morpholine rings is 1. The van der Waals surface area contributed by atoms with Crippen molar-refractivity contribution in [1.29, 1.82) is 0 Å². The summed E-state index contributed by atoms with van der Waals surface area (Å²) >= 11 is 0. The van der Waals surface area contributed by atoms with Crippen LogP contribution in [0.25, 0.3) is 0 Å². The van der Waals surface area contributed by atoms with E-state index in [1.165, 1.54) is 17.0 Å². The van der Waals surface area contributed by atoms with E-state index in [0.717, 1.165) is 36.5 Å². The standard InChI is InChI=1S/C21H23F3N2O2/c1-25(20(27)14-17-3-2-4-18(13-17)21(22,23)24)15-16-5-7-19(8-6-16)26-9-11-28-12-10-26/h2-8,13H,9-12,14-15H2,1H3. The summed E-state index contributed by atoms with van der Waals surface area (Å²) < 4.78 is 43.8. The van der Waals surface area contributed by atoms with Crippen LogP contribution in [-0.4, -0.2) is 44.2 Å². The lowest BCUT2D eigenvalue weighted by Gasteiger charge is -2.29. The summed E-state index contributed by atoms with van der Waals surface area (Å²) in [7, 11) is 1.66. The molecule has 1 aliphatic rings. The summed E-state index contributed by atoms with van der Waals surface area (Å²) in [5.74, 6) is -0.225. The average Bonchev–Trinajstić information content (AvgIpc) is 2.69. The van der Waals surface area contributed by atoms with Crippen LogP contribution in [0.2, 0.25) is 0 Å². The first kappa shape index (κ1) is 20.2. The molecule has 0 radical (unpaired) electrons. The minimum absolute atomic E-state index is 0.0632. The van der Waals surface area contributed by atoms with Crippen molar-refractivity contribution in [2.45, 2.75) is 19.1 Å². The molecule has 0 atom stereocenters. The first-order chi connectivity index (χ1) is 13.3. The van der Waals surface area contributed by atoms with Crippen molar-refractivity contribution in [3.8, 4) is 0 Å². The average molecular weight is 392 g/mol. The molecule has 0 saturated carbocycles. The lowest BCUT2D eigenvalue weighted by Crippen LogP contribution is -2.36. The second-order valence-corrected chi connectivity index (χ2v) is 6.89. The van der Waals surface area contributed by atoms with Crippen LogP contribution in [0.3, 0.4) is 0 Å². The Hall–Kier alpha value is -2.54. The number of amides is 1. The number of alkyl halides is 3. The Kier molecular flexibility index (Phi) is 6.24. The number of halogens is 3. The fraction of sp³-hybridized carbons (Fsp3) is 0.381. The lowest BCUT2D eigenvalue weighted by molar-refractivity contribution is -0.138. The Morgan fingerprint density at radius 2 is 1.75 bits per heavy atom. The maximum atomic E-state index is 12.8. The summed E-state index contributed by atoms with van der Waals surface area (Å²) in [6.45, 7) is 3.55. The first-order valence-corrected chi connectivity index (χ1v) is 9.14. The van der Waals surface area contributed by atoms with E-state index in [9.17, 15) is 18.0 Å². The smallest absolute Gasteiger partial charge is 0.378 e. The van der Waals surface area contributed by atoms with Gasteiger partial charge in [-0.3, -0.25) is 4.79 Å². The van der Waals surface area contributed by atoms with Gasteiger partial charge >= 0.3 is 6.18 Å². The van der Waals surface area contributed by atoms with Gasteiger partial charge in [0.1, 0.15) is 0 Å². The summed E-state index contributed by atoms with van der Waals surface area (Å²) in [4.78, 5) is 16.2. The zero-order valence-corrected chi connectivity index (χ0v) is 15.7. The fourth-order valence-electron chi connectivity index (χ4n) is 3.16. The van der Waals surface area contributed by atoms with Crippen LogP contribution in [0.15, 0.2) is 48.5 Å². The Morgan fingerprint density at radius 3 is 2.39 bits per heavy atom. The van der Waals surface area contributed by atoms with Crippen molar-refractivity contribution in [2.24, 2.45) is 0 Å². The normalized spacial score (nSPS) is 14.8. The number of benzene rings is 2. The third kappa shape index (κ3) is 5.25. The lowest BCUT2D eigenvalue weighted by atomic mass is 10.1. The predicted octanol–water partition coefficient (Wildman–Crippen LogP) is 3.74. The molecule has 1 aliphatic heterocycles. The van der Waals surface area contributed by atoms with Crippen LogP contribution in [0.1, 0.15) is 16.7 Å². The molecule has 28 heavy (non-hydrogen) atoms. The van der Waals surface area contributed by atoms with Gasteiger partial charge in [-0.1, -0.05) is 30.3 Å². The Labute approximate surface area is 162 Å². The highest BCUT2D eigenvalue weighted by Crippen LogP contribution is 2.29. The molecule has 4 nitrogen and oxygen atoms in total. The molecule has 0 aliphatic carbocycles. The molecule has 0 bridgehead atoms. The number of hydrogen-bond acceptors (Lipinski definition) is 3. The topological polar surface area (TPSA) is 32.8 Å². The minimum atomic E-state index is -4.41. The fourth-order valence-corrected chi connectivity index (χ4v) is 3.16. The number of hydrogen-bond donors (Lipinski definition) is 0. The Morgan fingerprint density at radius 1 is 1.07 bits per heavy atom. The van der Waals surface area contributed by atoms with E-state index < -0.39 is 11.7 Å². The highest BCUT2D eigenvalue weighted by Gasteiger charge is 2.30. The van der Waals surface area contributed by atoms with Gasteiger partial charge in [-0.05, 0) is 29.3 Å². The highest BCUT2D eigenvalue weighted by molar-refractivity contribution is 5.78. The maximum absolute atomic E-state index is 12.8. The summed E-state index contributed by atoms with van der Waals surface area (Å²) in [6, 6.07) is 12.9. The molecule has 2 aromatic carbocycles. The zero-order valence-electron chi connectivity index (χ0n) is 15.7. The number of nitrogens with zero attached hydrogens (tertiary/aromatic N) is 2. The molecule has 1 saturated heterocycles. The van der Waals surface area contributed by atoms with Crippen molar-refractivity contribution in [3.63, 3.8) is 0 Å². The molecule has 0 aromatic heterocycles. The van der Waals surface area contributed by atoms with E-state index in [-0.39, 0.29) is 12.3 Å². The van der Waals surface area contributed by atoms with Crippen LogP contribution in [0.5, 0.6) is 0 Å². The first-order valence-electron chi connectivity index (χ1n) is 9.14. The van der Waals surface area contributed by atoms with Crippen LogP contribution in [0.4, 0.5) is 18.9 Å². The molecule has 3 rings (SSSR count). The van der Waals surface area contributed by atoms with Crippen molar-refractivity contribution < 1.29 is 22.7 Å². The quantitative estimate of drug-likeness (QED) is 0.777.